The molecule has 0 aromatic heterocycles. The smallest absolute Gasteiger partial charge is 0.134 e. The molecule has 0 radical (unpaired) electrons. The van der Waals surface area contributed by atoms with Crippen molar-refractivity contribution in [1.29, 1.82) is 0 Å². The summed E-state index contributed by atoms with van der Waals surface area (Å²) in [7, 11) is 2.43. The monoisotopic (exact) mass is 712 g/mol. The van der Waals surface area contributed by atoms with E-state index in [1.165, 1.54) is 16.4 Å². The molecule has 0 saturated carbocycles. The van der Waals surface area contributed by atoms with E-state index >= 15 is 0 Å². The Morgan fingerprint density at radius 3 is 1.40 bits per heavy atom. The summed E-state index contributed by atoms with van der Waals surface area (Å²) in [5.74, 6) is 1.92. The molecule has 0 amide bonds. The van der Waals surface area contributed by atoms with Crippen molar-refractivity contribution in [3.8, 4) is 33.8 Å². The highest BCUT2D eigenvalue weighted by atomic mass is 79.9. The fourth-order valence-electron chi connectivity index (χ4n) is 6.24. The van der Waals surface area contributed by atoms with Gasteiger partial charge in [0.25, 0.3) is 0 Å². The first kappa shape index (κ1) is 29.8. The van der Waals surface area contributed by atoms with E-state index in [0.717, 1.165) is 42.7 Å². The topological polar surface area (TPSA) is 35.5 Å². The Hall–Kier alpha value is -3.24. The van der Waals surface area contributed by atoms with E-state index in [1.54, 1.807) is 14.2 Å². The third kappa shape index (κ3) is 5.83. The summed E-state index contributed by atoms with van der Waals surface area (Å²) in [6.45, 7) is 0. The summed E-state index contributed by atoms with van der Waals surface area (Å²) >= 11 is 7.73. The van der Waals surface area contributed by atoms with Gasteiger partial charge in [-0.25, -0.2) is 0 Å². The lowest BCUT2D eigenvalue weighted by Gasteiger charge is -2.41. The number of carbonyl (C=O) groups excluding carboxylic acids is 1. The van der Waals surface area contributed by atoms with Crippen LogP contribution in [0.2, 0.25) is 0 Å². The van der Waals surface area contributed by atoms with Crippen LogP contribution in [-0.4, -0.2) is 20.0 Å². The Morgan fingerprint density at radius 2 is 0.953 bits per heavy atom. The summed E-state index contributed by atoms with van der Waals surface area (Å²) in [5.41, 5.74) is 6.63. The zero-order chi connectivity index (χ0) is 29.9. The quantitative estimate of drug-likeness (QED) is 0.158. The Balaban J connectivity index is 1.73. The van der Waals surface area contributed by atoms with Crippen LogP contribution in [0.25, 0.3) is 22.3 Å². The maximum absolute atomic E-state index is 13.7. The number of benzene rings is 5. The van der Waals surface area contributed by atoms with Gasteiger partial charge in [0.05, 0.1) is 14.2 Å². The Labute approximate surface area is 271 Å². The van der Waals surface area contributed by atoms with Gasteiger partial charge in [0.1, 0.15) is 17.3 Å². The molecule has 5 aromatic carbocycles. The number of Topliss-reactive ketones (excluding diaryl/α,β-unsaturated/α-hetero) is 1. The van der Waals surface area contributed by atoms with Gasteiger partial charge < -0.3 is 9.47 Å². The van der Waals surface area contributed by atoms with Crippen LogP contribution < -0.4 is 14.8 Å². The van der Waals surface area contributed by atoms with Crippen LogP contribution in [0.3, 0.4) is 0 Å². The van der Waals surface area contributed by atoms with Gasteiger partial charge in [0.2, 0.25) is 0 Å². The number of methoxy groups -OCH3 is 2. The number of rotatable bonds is 7. The summed E-state index contributed by atoms with van der Waals surface area (Å²) < 4.78 is 13.9. The molecule has 1 fully saturated rings. The van der Waals surface area contributed by atoms with Gasteiger partial charge >= 0.3 is 0 Å². The van der Waals surface area contributed by atoms with Gasteiger partial charge in [0.15, 0.2) is 0 Å². The lowest BCUT2D eigenvalue weighted by Crippen LogP contribution is -2.26. The van der Waals surface area contributed by atoms with Gasteiger partial charge in [-0.2, -0.15) is 0 Å². The van der Waals surface area contributed by atoms with Crippen molar-refractivity contribution in [2.75, 3.05) is 14.2 Å². The second kappa shape index (κ2) is 13.2. The molecule has 0 spiro atoms. The fraction of sp³-hybridized carbons (Fsp3) is 0.162. The molecule has 0 N–H and O–H groups in total. The van der Waals surface area contributed by atoms with Crippen molar-refractivity contribution >= 4 is 50.9 Å². The number of halogens is 2. The first-order valence-corrected chi connectivity index (χ1v) is 17.3. The maximum atomic E-state index is 13.7. The van der Waals surface area contributed by atoms with Gasteiger partial charge in [-0.3, -0.25) is 4.79 Å². The molecule has 1 heterocycles. The number of para-hydroxylation sites is 2. The predicted molar refractivity (Wildman–Crippen MR) is 185 cm³/mol. The van der Waals surface area contributed by atoms with Gasteiger partial charge in [-0.1, -0.05) is 131 Å². The standard InChI is InChI=1S/C37H31Br2O3P/c1-41-33-20-9-5-12-25(33)27-16-11-17-28(26-13-6-10-21-34(26)42-2)37(27)43-35(29-14-3-7-18-31(29)38)22-24(40)23-36(43)30-15-4-8-19-32(30)39/h3-21,35-36H,22-23H2,1-2H3. The molecule has 1 saturated heterocycles. The van der Waals surface area contributed by atoms with Gasteiger partial charge in [-0.15, -0.1) is 0 Å². The van der Waals surface area contributed by atoms with E-state index < -0.39 is 7.92 Å². The molecule has 5 aromatic rings. The minimum absolute atomic E-state index is 0.00625. The molecular formula is C37H31Br2O3P. The van der Waals surface area contributed by atoms with Crippen molar-refractivity contribution in [2.45, 2.75) is 24.2 Å². The van der Waals surface area contributed by atoms with Crippen molar-refractivity contribution in [3.63, 3.8) is 0 Å². The van der Waals surface area contributed by atoms with E-state index in [9.17, 15) is 4.79 Å². The first-order valence-electron chi connectivity index (χ1n) is 14.2. The second-order valence-corrected chi connectivity index (χ2v) is 14.7. The SMILES string of the molecule is COc1ccccc1-c1cccc(-c2ccccc2OC)c1P1C(c2ccccc2Br)CC(=O)CC1c1ccccc1Br. The van der Waals surface area contributed by atoms with Gasteiger partial charge in [-0.05, 0) is 51.8 Å². The summed E-state index contributed by atoms with van der Waals surface area (Å²) in [5, 5.41) is 1.25. The van der Waals surface area contributed by atoms with Crippen molar-refractivity contribution < 1.29 is 14.3 Å². The van der Waals surface area contributed by atoms with Crippen LogP contribution in [0, 0.1) is 0 Å². The largest absolute Gasteiger partial charge is 0.496 e. The van der Waals surface area contributed by atoms with Crippen LogP contribution in [0.5, 0.6) is 11.5 Å². The molecule has 6 heteroatoms. The minimum atomic E-state index is -1.02. The van der Waals surface area contributed by atoms with E-state index in [4.69, 9.17) is 9.47 Å². The summed E-state index contributed by atoms with van der Waals surface area (Å²) in [4.78, 5) is 13.7. The molecule has 2 unspecified atom stereocenters. The molecule has 6 rings (SSSR count). The number of hydrogen-bond acceptors (Lipinski definition) is 3. The van der Waals surface area contributed by atoms with Crippen LogP contribution >= 0.6 is 39.8 Å². The van der Waals surface area contributed by atoms with Crippen molar-refractivity contribution in [3.05, 3.63) is 135 Å². The second-order valence-electron chi connectivity index (χ2n) is 10.5. The Morgan fingerprint density at radius 1 is 0.558 bits per heavy atom. The van der Waals surface area contributed by atoms with E-state index in [1.807, 2.05) is 36.4 Å². The molecule has 2 atom stereocenters. The molecule has 1 aliphatic heterocycles. The highest BCUT2D eigenvalue weighted by molar-refractivity contribution is 9.10. The van der Waals surface area contributed by atoms with Crippen LogP contribution in [0.4, 0.5) is 0 Å². The molecule has 3 nitrogen and oxygen atoms in total. The van der Waals surface area contributed by atoms with Crippen LogP contribution in [0.15, 0.2) is 124 Å². The van der Waals surface area contributed by atoms with Crippen molar-refractivity contribution in [2.24, 2.45) is 0 Å². The molecule has 43 heavy (non-hydrogen) atoms. The van der Waals surface area contributed by atoms with Crippen LogP contribution in [-0.2, 0) is 4.79 Å². The predicted octanol–water partition coefficient (Wildman–Crippen LogP) is 10.5. The minimum Gasteiger partial charge on any atom is -0.496 e. The zero-order valence-corrected chi connectivity index (χ0v) is 28.0. The normalized spacial score (nSPS) is 18.3. The number of ketones is 1. The van der Waals surface area contributed by atoms with Gasteiger partial charge in [0, 0.05) is 44.2 Å². The highest BCUT2D eigenvalue weighted by Crippen LogP contribution is 2.69. The average molecular weight is 714 g/mol. The Kier molecular flexibility index (Phi) is 9.14. The summed E-state index contributed by atoms with van der Waals surface area (Å²) in [6.07, 6.45) is 0.974. The molecule has 0 aliphatic carbocycles. The van der Waals surface area contributed by atoms with Crippen LogP contribution in [0.1, 0.15) is 35.3 Å². The first-order chi connectivity index (χ1) is 21.0. The molecule has 1 aliphatic rings. The Bertz CT molecular complexity index is 1660. The molecule has 0 bridgehead atoms. The third-order valence-electron chi connectivity index (χ3n) is 8.13. The summed E-state index contributed by atoms with van der Waals surface area (Å²) in [6, 6.07) is 39.7. The lowest BCUT2D eigenvalue weighted by atomic mass is 9.97. The van der Waals surface area contributed by atoms with E-state index in [-0.39, 0.29) is 17.1 Å². The maximum Gasteiger partial charge on any atom is 0.134 e. The number of hydrogen-bond donors (Lipinski definition) is 0. The molecule has 216 valence electrons. The number of carbonyl (C=O) groups is 1. The van der Waals surface area contributed by atoms with E-state index in [2.05, 4.69) is 111 Å². The molecular weight excluding hydrogens is 683 g/mol. The lowest BCUT2D eigenvalue weighted by molar-refractivity contribution is -0.119. The third-order valence-corrected chi connectivity index (χ3v) is 12.8. The van der Waals surface area contributed by atoms with E-state index in [0.29, 0.717) is 12.8 Å². The number of ether oxygens (including phenoxy) is 2. The average Bonchev–Trinajstić information content (AvgIpc) is 3.04. The zero-order valence-electron chi connectivity index (χ0n) is 24.0. The fourth-order valence-corrected chi connectivity index (χ4v) is 11.6. The van der Waals surface area contributed by atoms with Crippen molar-refractivity contribution in [1.82, 2.24) is 0 Å². The highest BCUT2D eigenvalue weighted by Gasteiger charge is 2.43.